The van der Waals surface area contributed by atoms with Gasteiger partial charge in [-0.25, -0.2) is 0 Å². The maximum absolute atomic E-state index is 4.68. The Labute approximate surface area is 143 Å². The summed E-state index contributed by atoms with van der Waals surface area (Å²) in [6.07, 6.45) is 10.6. The van der Waals surface area contributed by atoms with Crippen molar-refractivity contribution in [1.29, 1.82) is 0 Å². The second-order valence-electron chi connectivity index (χ2n) is 7.70. The van der Waals surface area contributed by atoms with Crippen LogP contribution < -0.4 is 0 Å². The molecule has 2 aliphatic rings. The summed E-state index contributed by atoms with van der Waals surface area (Å²) in [5.41, 5.74) is 0. The van der Waals surface area contributed by atoms with E-state index in [1.54, 1.807) is 0 Å². The van der Waals surface area contributed by atoms with E-state index in [0.29, 0.717) is 24.2 Å². The lowest BCUT2D eigenvalue weighted by Gasteiger charge is -2.31. The molecule has 4 heteroatoms. The largest absolute Gasteiger partial charge is 0.294 e. The van der Waals surface area contributed by atoms with E-state index in [1.165, 1.54) is 32.1 Å². The molecule has 0 fully saturated rings. The highest BCUT2D eigenvalue weighted by atomic mass is 15.2. The Morgan fingerprint density at radius 1 is 0.783 bits per heavy atom. The van der Waals surface area contributed by atoms with E-state index in [4.69, 9.17) is 0 Å². The minimum atomic E-state index is 0.523. The van der Waals surface area contributed by atoms with Crippen LogP contribution in [-0.2, 0) is 0 Å². The summed E-state index contributed by atoms with van der Waals surface area (Å²) in [5.74, 6) is 0. The smallest absolute Gasteiger partial charge is 0.0623 e. The standard InChI is InChI=1S/C19H36N4/c1-16(2)22-12-10-20-18(14-22)8-6-5-7-9-19-15-23(17(3)4)13-11-21-19/h10-11,16-19H,5-9,12-15H2,1-4H3. The normalized spacial score (nSPS) is 26.5. The van der Waals surface area contributed by atoms with Crippen molar-refractivity contribution in [3.63, 3.8) is 0 Å². The predicted molar refractivity (Wildman–Crippen MR) is 101 cm³/mol. The van der Waals surface area contributed by atoms with E-state index in [9.17, 15) is 0 Å². The fourth-order valence-electron chi connectivity index (χ4n) is 3.50. The summed E-state index contributed by atoms with van der Waals surface area (Å²) in [6.45, 7) is 13.5. The van der Waals surface area contributed by atoms with Crippen LogP contribution in [0.25, 0.3) is 0 Å². The Morgan fingerprint density at radius 3 is 1.61 bits per heavy atom. The van der Waals surface area contributed by atoms with Gasteiger partial charge in [-0.3, -0.25) is 19.8 Å². The van der Waals surface area contributed by atoms with Crippen molar-refractivity contribution in [1.82, 2.24) is 9.80 Å². The molecule has 0 aromatic heterocycles. The first-order valence-electron chi connectivity index (χ1n) is 9.57. The summed E-state index contributed by atoms with van der Waals surface area (Å²) in [6, 6.07) is 2.32. The molecule has 0 aromatic rings. The summed E-state index contributed by atoms with van der Waals surface area (Å²) < 4.78 is 0. The second kappa shape index (κ2) is 9.53. The summed E-state index contributed by atoms with van der Waals surface area (Å²) >= 11 is 0. The number of nitrogens with zero attached hydrogens (tertiary/aromatic N) is 4. The Morgan fingerprint density at radius 2 is 1.22 bits per heavy atom. The summed E-state index contributed by atoms with van der Waals surface area (Å²) in [7, 11) is 0. The minimum Gasteiger partial charge on any atom is -0.294 e. The number of rotatable bonds is 8. The van der Waals surface area contributed by atoms with Crippen molar-refractivity contribution < 1.29 is 0 Å². The van der Waals surface area contributed by atoms with Crippen LogP contribution >= 0.6 is 0 Å². The lowest BCUT2D eigenvalue weighted by molar-refractivity contribution is 0.221. The average Bonchev–Trinajstić information content (AvgIpc) is 2.55. The fourth-order valence-corrected chi connectivity index (χ4v) is 3.50. The molecule has 4 nitrogen and oxygen atoms in total. The van der Waals surface area contributed by atoms with Gasteiger partial charge >= 0.3 is 0 Å². The van der Waals surface area contributed by atoms with Crippen molar-refractivity contribution >= 4 is 12.4 Å². The molecule has 2 rings (SSSR count). The molecular formula is C19H36N4. The molecule has 2 atom stereocenters. The Balaban J connectivity index is 1.57. The van der Waals surface area contributed by atoms with E-state index in [-0.39, 0.29) is 0 Å². The van der Waals surface area contributed by atoms with E-state index < -0.39 is 0 Å². The Bertz CT molecular complexity index is 353. The van der Waals surface area contributed by atoms with Crippen LogP contribution in [-0.4, -0.2) is 72.6 Å². The first-order chi connectivity index (χ1) is 11.1. The molecule has 0 saturated heterocycles. The second-order valence-corrected chi connectivity index (χ2v) is 7.70. The number of unbranched alkanes of at least 4 members (excludes halogenated alkanes) is 2. The lowest BCUT2D eigenvalue weighted by Crippen LogP contribution is -2.41. The monoisotopic (exact) mass is 320 g/mol. The maximum atomic E-state index is 4.68. The molecule has 0 aromatic carbocycles. The molecule has 0 amide bonds. The highest BCUT2D eigenvalue weighted by Crippen LogP contribution is 2.16. The molecule has 2 unspecified atom stereocenters. The SMILES string of the molecule is CC(C)N1CC=NC(CCCCCC2CN(C(C)C)CC=N2)C1. The third kappa shape index (κ3) is 6.34. The van der Waals surface area contributed by atoms with Crippen molar-refractivity contribution in [2.75, 3.05) is 26.2 Å². The first-order valence-corrected chi connectivity index (χ1v) is 9.57. The molecule has 0 bridgehead atoms. The van der Waals surface area contributed by atoms with Gasteiger partial charge in [0.05, 0.1) is 12.1 Å². The van der Waals surface area contributed by atoms with Gasteiger partial charge in [0.25, 0.3) is 0 Å². The zero-order chi connectivity index (χ0) is 16.7. The molecular weight excluding hydrogens is 284 g/mol. The highest BCUT2D eigenvalue weighted by molar-refractivity contribution is 5.61. The lowest BCUT2D eigenvalue weighted by atomic mass is 10.0. The predicted octanol–water partition coefficient (Wildman–Crippen LogP) is 3.26. The molecule has 0 spiro atoms. The summed E-state index contributed by atoms with van der Waals surface area (Å²) in [4.78, 5) is 14.4. The molecule has 0 saturated carbocycles. The number of hydrogen-bond donors (Lipinski definition) is 0. The van der Waals surface area contributed by atoms with E-state index >= 15 is 0 Å². The molecule has 0 N–H and O–H groups in total. The van der Waals surface area contributed by atoms with Gasteiger partial charge in [-0.15, -0.1) is 0 Å². The van der Waals surface area contributed by atoms with Gasteiger partial charge in [0.1, 0.15) is 0 Å². The van der Waals surface area contributed by atoms with Gasteiger partial charge in [-0.1, -0.05) is 19.3 Å². The van der Waals surface area contributed by atoms with E-state index in [2.05, 4.69) is 59.9 Å². The van der Waals surface area contributed by atoms with Gasteiger partial charge in [0.15, 0.2) is 0 Å². The Hall–Kier alpha value is -0.740. The van der Waals surface area contributed by atoms with Gasteiger partial charge in [-0.05, 0) is 40.5 Å². The van der Waals surface area contributed by atoms with Crippen molar-refractivity contribution in [2.45, 2.75) is 84.0 Å². The average molecular weight is 321 g/mol. The van der Waals surface area contributed by atoms with Gasteiger partial charge in [0.2, 0.25) is 0 Å². The quantitative estimate of drug-likeness (QED) is 0.643. The topological polar surface area (TPSA) is 31.2 Å². The number of hydrogen-bond acceptors (Lipinski definition) is 4. The van der Waals surface area contributed by atoms with Crippen molar-refractivity contribution in [2.24, 2.45) is 9.98 Å². The summed E-state index contributed by atoms with van der Waals surface area (Å²) in [5, 5.41) is 0. The van der Waals surface area contributed by atoms with Crippen LogP contribution in [0.3, 0.4) is 0 Å². The molecule has 0 radical (unpaired) electrons. The molecule has 0 aliphatic carbocycles. The van der Waals surface area contributed by atoms with Crippen LogP contribution in [0.5, 0.6) is 0 Å². The third-order valence-corrected chi connectivity index (χ3v) is 5.19. The van der Waals surface area contributed by atoms with Crippen LogP contribution in [0.2, 0.25) is 0 Å². The van der Waals surface area contributed by atoms with Gasteiger partial charge in [0, 0.05) is 50.7 Å². The van der Waals surface area contributed by atoms with Crippen LogP contribution in [0.1, 0.15) is 59.8 Å². The van der Waals surface area contributed by atoms with Crippen LogP contribution in [0, 0.1) is 0 Å². The highest BCUT2D eigenvalue weighted by Gasteiger charge is 2.19. The third-order valence-electron chi connectivity index (χ3n) is 5.19. The number of aliphatic imine (C=N–C) groups is 2. The van der Waals surface area contributed by atoms with Crippen LogP contribution in [0.15, 0.2) is 9.98 Å². The zero-order valence-electron chi connectivity index (χ0n) is 15.6. The van der Waals surface area contributed by atoms with E-state index in [1.807, 2.05) is 0 Å². The van der Waals surface area contributed by atoms with Gasteiger partial charge in [-0.2, -0.15) is 0 Å². The Kier molecular flexibility index (Phi) is 7.71. The molecule has 23 heavy (non-hydrogen) atoms. The van der Waals surface area contributed by atoms with Crippen LogP contribution in [0.4, 0.5) is 0 Å². The minimum absolute atomic E-state index is 0.523. The maximum Gasteiger partial charge on any atom is 0.0623 e. The van der Waals surface area contributed by atoms with Crippen molar-refractivity contribution in [3.8, 4) is 0 Å². The molecule has 132 valence electrons. The molecule has 2 heterocycles. The fraction of sp³-hybridized carbons (Fsp3) is 0.895. The van der Waals surface area contributed by atoms with Gasteiger partial charge < -0.3 is 0 Å². The van der Waals surface area contributed by atoms with E-state index in [0.717, 1.165) is 26.2 Å². The molecule has 2 aliphatic heterocycles. The van der Waals surface area contributed by atoms with Crippen molar-refractivity contribution in [3.05, 3.63) is 0 Å². The zero-order valence-corrected chi connectivity index (χ0v) is 15.6. The first kappa shape index (κ1) is 18.6.